The first-order valence-electron chi connectivity index (χ1n) is 8.06. The van der Waals surface area contributed by atoms with E-state index in [2.05, 4.69) is 20.4 Å². The first-order valence-corrected chi connectivity index (χ1v) is 8.06. The third kappa shape index (κ3) is 3.32. The first-order chi connectivity index (χ1) is 11.3. The highest BCUT2D eigenvalue weighted by Gasteiger charge is 2.38. The van der Waals surface area contributed by atoms with Gasteiger partial charge in [0, 0.05) is 32.4 Å². The highest BCUT2D eigenvalue weighted by atomic mass is 16.5. The van der Waals surface area contributed by atoms with Crippen LogP contribution in [0.2, 0.25) is 0 Å². The van der Waals surface area contributed by atoms with Gasteiger partial charge in [-0.2, -0.15) is 5.10 Å². The van der Waals surface area contributed by atoms with Crippen molar-refractivity contribution in [1.82, 2.24) is 20.4 Å². The van der Waals surface area contributed by atoms with Crippen LogP contribution < -0.4 is 5.32 Å². The molecule has 0 saturated carbocycles. The number of morpholine rings is 1. The topological polar surface area (TPSA) is 75.6 Å². The van der Waals surface area contributed by atoms with Crippen molar-refractivity contribution in [3.63, 3.8) is 0 Å². The molecule has 1 spiro atoms. The van der Waals surface area contributed by atoms with Gasteiger partial charge in [0.15, 0.2) is 5.76 Å². The van der Waals surface area contributed by atoms with E-state index in [9.17, 15) is 0 Å². The van der Waals surface area contributed by atoms with Gasteiger partial charge in [-0.1, -0.05) is 0 Å². The second kappa shape index (κ2) is 6.45. The van der Waals surface area contributed by atoms with E-state index in [1.165, 1.54) is 0 Å². The molecule has 2 saturated heterocycles. The fraction of sp³-hybridized carbons (Fsp3) is 0.562. The molecule has 4 rings (SSSR count). The molecule has 23 heavy (non-hydrogen) atoms. The molecule has 1 atom stereocenters. The summed E-state index contributed by atoms with van der Waals surface area (Å²) in [4.78, 5) is 2.37. The summed E-state index contributed by atoms with van der Waals surface area (Å²) < 4.78 is 17.7. The van der Waals surface area contributed by atoms with E-state index in [0.717, 1.165) is 63.2 Å². The van der Waals surface area contributed by atoms with Crippen LogP contribution in [0.1, 0.15) is 5.76 Å². The zero-order valence-electron chi connectivity index (χ0n) is 13.1. The fourth-order valence-corrected chi connectivity index (χ4v) is 3.24. The van der Waals surface area contributed by atoms with Crippen LogP contribution in [0.25, 0.3) is 11.5 Å². The van der Waals surface area contributed by atoms with Gasteiger partial charge < -0.3 is 19.2 Å². The van der Waals surface area contributed by atoms with Crippen molar-refractivity contribution in [2.24, 2.45) is 0 Å². The van der Waals surface area contributed by atoms with Crippen LogP contribution >= 0.6 is 0 Å². The van der Waals surface area contributed by atoms with Crippen LogP contribution in [0, 0.1) is 0 Å². The van der Waals surface area contributed by atoms with E-state index in [-0.39, 0.29) is 5.60 Å². The summed E-state index contributed by atoms with van der Waals surface area (Å²) in [5, 5.41) is 10.3. The van der Waals surface area contributed by atoms with Gasteiger partial charge in [0.25, 0.3) is 0 Å². The maximum absolute atomic E-state index is 6.05. The van der Waals surface area contributed by atoms with Gasteiger partial charge in [-0.3, -0.25) is 10.00 Å². The average Bonchev–Trinajstić information content (AvgIpc) is 3.18. The van der Waals surface area contributed by atoms with Crippen LogP contribution in [-0.4, -0.2) is 66.7 Å². The molecular weight excluding hydrogens is 296 g/mol. The molecule has 1 unspecified atom stereocenters. The van der Waals surface area contributed by atoms with Gasteiger partial charge in [0.05, 0.1) is 26.4 Å². The van der Waals surface area contributed by atoms with Crippen LogP contribution in [-0.2, 0) is 16.0 Å². The normalized spacial score (nSPS) is 26.4. The Morgan fingerprint density at radius 2 is 2.26 bits per heavy atom. The number of nitrogens with zero attached hydrogens (tertiary/aromatic N) is 2. The molecule has 2 N–H and O–H groups in total. The molecule has 0 amide bonds. The van der Waals surface area contributed by atoms with E-state index in [1.54, 1.807) is 6.20 Å². The van der Waals surface area contributed by atoms with Crippen LogP contribution in [0.4, 0.5) is 0 Å². The Labute approximate surface area is 134 Å². The minimum absolute atomic E-state index is 0.243. The Balaban J connectivity index is 1.42. The lowest BCUT2D eigenvalue weighted by atomic mass is 10.0. The predicted molar refractivity (Wildman–Crippen MR) is 83.9 cm³/mol. The molecule has 7 nitrogen and oxygen atoms in total. The third-order valence-corrected chi connectivity index (χ3v) is 4.37. The fourth-order valence-electron chi connectivity index (χ4n) is 3.24. The molecule has 2 aromatic heterocycles. The molecule has 0 radical (unpaired) electrons. The maximum Gasteiger partial charge on any atom is 0.152 e. The van der Waals surface area contributed by atoms with Crippen molar-refractivity contribution < 1.29 is 13.9 Å². The van der Waals surface area contributed by atoms with E-state index >= 15 is 0 Å². The SMILES string of the molecule is c1cc(-c2ccc(CN3CCOC4(CNCCOC4)C3)o2)[nH]n1. The van der Waals surface area contributed by atoms with Crippen LogP contribution in [0.15, 0.2) is 28.8 Å². The standard InChI is InChI=1S/C16H22N4O3/c1-2-15(14-3-4-18-19-14)23-13(1)9-20-6-8-22-16(11-20)10-17-5-7-21-12-16/h1-4,17H,5-12H2,(H,18,19). The van der Waals surface area contributed by atoms with Crippen molar-refractivity contribution in [3.8, 4) is 11.5 Å². The molecule has 124 valence electrons. The molecule has 7 heteroatoms. The lowest BCUT2D eigenvalue weighted by Crippen LogP contribution is -2.57. The quantitative estimate of drug-likeness (QED) is 0.874. The number of furan rings is 1. The lowest BCUT2D eigenvalue weighted by Gasteiger charge is -2.41. The predicted octanol–water partition coefficient (Wildman–Crippen LogP) is 0.860. The van der Waals surface area contributed by atoms with Gasteiger partial charge in [0.2, 0.25) is 0 Å². The Morgan fingerprint density at radius 3 is 3.17 bits per heavy atom. The van der Waals surface area contributed by atoms with E-state index in [1.807, 2.05) is 18.2 Å². The highest BCUT2D eigenvalue weighted by Crippen LogP contribution is 2.24. The van der Waals surface area contributed by atoms with E-state index in [4.69, 9.17) is 13.9 Å². The lowest BCUT2D eigenvalue weighted by molar-refractivity contribution is -0.136. The summed E-state index contributed by atoms with van der Waals surface area (Å²) in [7, 11) is 0. The van der Waals surface area contributed by atoms with Crippen LogP contribution in [0.3, 0.4) is 0 Å². The maximum atomic E-state index is 6.05. The number of hydrogen-bond acceptors (Lipinski definition) is 6. The molecule has 0 aromatic carbocycles. The summed E-state index contributed by atoms with van der Waals surface area (Å²) in [5.41, 5.74) is 0.657. The third-order valence-electron chi connectivity index (χ3n) is 4.37. The number of H-pyrrole nitrogens is 1. The number of rotatable bonds is 3. The largest absolute Gasteiger partial charge is 0.458 e. The molecule has 0 aliphatic carbocycles. The van der Waals surface area contributed by atoms with Crippen molar-refractivity contribution in [3.05, 3.63) is 30.2 Å². The van der Waals surface area contributed by atoms with Gasteiger partial charge in [0.1, 0.15) is 17.1 Å². The van der Waals surface area contributed by atoms with Gasteiger partial charge in [-0.05, 0) is 18.2 Å². The zero-order chi connectivity index (χ0) is 15.5. The van der Waals surface area contributed by atoms with E-state index in [0.29, 0.717) is 6.61 Å². The van der Waals surface area contributed by atoms with Gasteiger partial charge >= 0.3 is 0 Å². The Kier molecular flexibility index (Phi) is 4.17. The van der Waals surface area contributed by atoms with Crippen molar-refractivity contribution in [2.45, 2.75) is 12.1 Å². The average molecular weight is 318 g/mol. The second-order valence-corrected chi connectivity index (χ2v) is 6.21. The summed E-state index contributed by atoms with van der Waals surface area (Å²) in [6.07, 6.45) is 1.72. The Bertz CT molecular complexity index is 617. The van der Waals surface area contributed by atoms with Crippen molar-refractivity contribution in [2.75, 3.05) is 46.0 Å². The smallest absolute Gasteiger partial charge is 0.152 e. The minimum atomic E-state index is -0.243. The van der Waals surface area contributed by atoms with Gasteiger partial charge in [-0.15, -0.1) is 0 Å². The Hall–Kier alpha value is -1.67. The summed E-state index contributed by atoms with van der Waals surface area (Å²) >= 11 is 0. The van der Waals surface area contributed by atoms with Gasteiger partial charge in [-0.25, -0.2) is 0 Å². The molecular formula is C16H22N4O3. The van der Waals surface area contributed by atoms with Crippen molar-refractivity contribution in [1.29, 1.82) is 0 Å². The molecule has 2 aromatic rings. The van der Waals surface area contributed by atoms with E-state index < -0.39 is 0 Å². The van der Waals surface area contributed by atoms with Crippen LogP contribution in [0.5, 0.6) is 0 Å². The molecule has 2 aliphatic rings. The molecule has 0 bridgehead atoms. The summed E-state index contributed by atoms with van der Waals surface area (Å²) in [5.74, 6) is 1.77. The zero-order valence-corrected chi connectivity index (χ0v) is 13.1. The molecule has 2 aliphatic heterocycles. The summed E-state index contributed by atoms with van der Waals surface area (Å²) in [6, 6.07) is 5.91. The monoisotopic (exact) mass is 318 g/mol. The highest BCUT2D eigenvalue weighted by molar-refractivity contribution is 5.51. The molecule has 4 heterocycles. The number of aromatic amines is 1. The second-order valence-electron chi connectivity index (χ2n) is 6.21. The minimum Gasteiger partial charge on any atom is -0.458 e. The molecule has 2 fully saturated rings. The first kappa shape index (κ1) is 14.9. The number of hydrogen-bond donors (Lipinski definition) is 2. The number of nitrogens with one attached hydrogen (secondary N) is 2. The number of aromatic nitrogens is 2. The Morgan fingerprint density at radius 1 is 1.26 bits per heavy atom. The number of ether oxygens (including phenoxy) is 2. The van der Waals surface area contributed by atoms with Crippen molar-refractivity contribution >= 4 is 0 Å². The summed E-state index contributed by atoms with van der Waals surface area (Å²) in [6.45, 7) is 6.36.